The van der Waals surface area contributed by atoms with Crippen LogP contribution in [0.5, 0.6) is 5.75 Å². The van der Waals surface area contributed by atoms with Crippen LogP contribution < -0.4 is 14.4 Å². The molecule has 3 aromatic rings. The van der Waals surface area contributed by atoms with E-state index in [-0.39, 0.29) is 19.1 Å². The van der Waals surface area contributed by atoms with Crippen LogP contribution in [0.4, 0.5) is 11.4 Å². The molecule has 1 N–H and O–H groups in total. The highest BCUT2D eigenvalue weighted by Crippen LogP contribution is 2.24. The van der Waals surface area contributed by atoms with E-state index >= 15 is 0 Å². The van der Waals surface area contributed by atoms with Crippen molar-refractivity contribution < 1.29 is 17.9 Å². The monoisotopic (exact) mass is 452 g/mol. The molecule has 0 bridgehead atoms. The maximum absolute atomic E-state index is 12.4. The summed E-state index contributed by atoms with van der Waals surface area (Å²) in [5, 5.41) is 2.85. The lowest BCUT2D eigenvalue weighted by molar-refractivity contribution is -0.118. The molecule has 32 heavy (non-hydrogen) atoms. The van der Waals surface area contributed by atoms with Crippen LogP contribution >= 0.6 is 0 Å². The molecule has 0 heterocycles. The fraction of sp³-hybridized carbons (Fsp3) is 0.240. The Kier molecular flexibility index (Phi) is 7.20. The zero-order chi connectivity index (χ0) is 23.3. The summed E-state index contributed by atoms with van der Waals surface area (Å²) in [5.74, 6) is 0.216. The predicted molar refractivity (Wildman–Crippen MR) is 129 cm³/mol. The molecule has 0 radical (unpaired) electrons. The highest BCUT2D eigenvalue weighted by molar-refractivity contribution is 7.92. The van der Waals surface area contributed by atoms with Crippen molar-refractivity contribution in [2.45, 2.75) is 27.3 Å². The standard InChI is InChI=1S/C25H28N2O4S/c1-18-6-9-21(10-7-18)16-27(32(4,29)30)22-11-13-23(14-12-22)31-17-25(28)26-24-15-19(2)5-8-20(24)3/h5-15H,16-17H2,1-4H3,(H,26,28). The van der Waals surface area contributed by atoms with E-state index in [4.69, 9.17) is 4.74 Å². The second-order valence-electron chi connectivity index (χ2n) is 7.90. The van der Waals surface area contributed by atoms with Crippen LogP contribution in [0.1, 0.15) is 22.3 Å². The molecular formula is C25H28N2O4S. The minimum Gasteiger partial charge on any atom is -0.484 e. The van der Waals surface area contributed by atoms with Gasteiger partial charge >= 0.3 is 0 Å². The lowest BCUT2D eigenvalue weighted by Crippen LogP contribution is -2.29. The summed E-state index contributed by atoms with van der Waals surface area (Å²) in [5.41, 5.74) is 5.33. The van der Waals surface area contributed by atoms with Crippen molar-refractivity contribution in [3.63, 3.8) is 0 Å². The topological polar surface area (TPSA) is 75.7 Å². The number of benzene rings is 3. The number of nitrogens with zero attached hydrogens (tertiary/aromatic N) is 1. The summed E-state index contributed by atoms with van der Waals surface area (Å²) >= 11 is 0. The summed E-state index contributed by atoms with van der Waals surface area (Å²) in [6, 6.07) is 20.3. The van der Waals surface area contributed by atoms with Crippen molar-refractivity contribution in [1.29, 1.82) is 0 Å². The van der Waals surface area contributed by atoms with Gasteiger partial charge in [-0.25, -0.2) is 8.42 Å². The van der Waals surface area contributed by atoms with E-state index in [0.29, 0.717) is 11.4 Å². The highest BCUT2D eigenvalue weighted by atomic mass is 32.2. The first-order valence-corrected chi connectivity index (χ1v) is 12.1. The summed E-state index contributed by atoms with van der Waals surface area (Å²) in [6.07, 6.45) is 1.18. The summed E-state index contributed by atoms with van der Waals surface area (Å²) in [7, 11) is -3.48. The fourth-order valence-corrected chi connectivity index (χ4v) is 4.06. The quantitative estimate of drug-likeness (QED) is 0.542. The third-order valence-corrected chi connectivity index (χ3v) is 6.15. The van der Waals surface area contributed by atoms with Crippen molar-refractivity contribution in [2.75, 3.05) is 22.5 Å². The molecular weight excluding hydrogens is 424 g/mol. The number of anilines is 2. The van der Waals surface area contributed by atoms with Gasteiger partial charge in [0.15, 0.2) is 6.61 Å². The van der Waals surface area contributed by atoms with Crippen LogP contribution in [-0.4, -0.2) is 27.2 Å². The highest BCUT2D eigenvalue weighted by Gasteiger charge is 2.18. The van der Waals surface area contributed by atoms with Crippen LogP contribution in [0.2, 0.25) is 0 Å². The third-order valence-electron chi connectivity index (χ3n) is 5.01. The summed E-state index contributed by atoms with van der Waals surface area (Å²) < 4.78 is 31.7. The van der Waals surface area contributed by atoms with Gasteiger partial charge in [-0.1, -0.05) is 42.0 Å². The average molecular weight is 453 g/mol. The Morgan fingerprint density at radius 1 is 0.906 bits per heavy atom. The Labute approximate surface area is 189 Å². The first-order chi connectivity index (χ1) is 15.1. The Morgan fingerprint density at radius 3 is 2.16 bits per heavy atom. The average Bonchev–Trinajstić information content (AvgIpc) is 2.74. The number of ether oxygens (including phenoxy) is 1. The van der Waals surface area contributed by atoms with Crippen molar-refractivity contribution >= 4 is 27.3 Å². The normalized spacial score (nSPS) is 11.1. The SMILES string of the molecule is Cc1ccc(CN(c2ccc(OCC(=O)Nc3cc(C)ccc3C)cc2)S(C)(=O)=O)cc1. The number of rotatable bonds is 8. The van der Waals surface area contributed by atoms with E-state index < -0.39 is 10.0 Å². The van der Waals surface area contributed by atoms with Crippen LogP contribution in [-0.2, 0) is 21.4 Å². The van der Waals surface area contributed by atoms with E-state index in [1.54, 1.807) is 24.3 Å². The fourth-order valence-electron chi connectivity index (χ4n) is 3.17. The van der Waals surface area contributed by atoms with Gasteiger partial charge in [0.25, 0.3) is 5.91 Å². The molecule has 0 spiro atoms. The lowest BCUT2D eigenvalue weighted by Gasteiger charge is -2.23. The van der Waals surface area contributed by atoms with Gasteiger partial charge in [-0.15, -0.1) is 0 Å². The van der Waals surface area contributed by atoms with Crippen molar-refractivity contribution in [3.8, 4) is 5.75 Å². The van der Waals surface area contributed by atoms with Gasteiger partial charge in [-0.3, -0.25) is 9.10 Å². The van der Waals surface area contributed by atoms with Crippen LogP contribution in [0, 0.1) is 20.8 Å². The molecule has 1 amide bonds. The Morgan fingerprint density at radius 2 is 1.53 bits per heavy atom. The third kappa shape index (κ3) is 6.34. The van der Waals surface area contributed by atoms with Gasteiger partial charge in [0.05, 0.1) is 18.5 Å². The van der Waals surface area contributed by atoms with E-state index in [1.165, 1.54) is 10.6 Å². The van der Waals surface area contributed by atoms with Crippen molar-refractivity contribution in [2.24, 2.45) is 0 Å². The van der Waals surface area contributed by atoms with Crippen molar-refractivity contribution in [1.82, 2.24) is 0 Å². The van der Waals surface area contributed by atoms with E-state index in [0.717, 1.165) is 27.9 Å². The summed E-state index contributed by atoms with van der Waals surface area (Å²) in [4.78, 5) is 12.3. The van der Waals surface area contributed by atoms with Gasteiger partial charge in [-0.2, -0.15) is 0 Å². The first kappa shape index (κ1) is 23.3. The number of hydrogen-bond donors (Lipinski definition) is 1. The largest absolute Gasteiger partial charge is 0.484 e. The molecule has 0 aliphatic carbocycles. The molecule has 0 atom stereocenters. The molecule has 3 rings (SSSR count). The zero-order valence-electron chi connectivity index (χ0n) is 18.8. The van der Waals surface area contributed by atoms with Gasteiger partial charge in [0, 0.05) is 5.69 Å². The second-order valence-corrected chi connectivity index (χ2v) is 9.81. The Balaban J connectivity index is 1.65. The zero-order valence-corrected chi connectivity index (χ0v) is 19.6. The van der Waals surface area contributed by atoms with Gasteiger partial charge in [0.2, 0.25) is 10.0 Å². The van der Waals surface area contributed by atoms with Gasteiger partial charge < -0.3 is 10.1 Å². The molecule has 3 aromatic carbocycles. The summed E-state index contributed by atoms with van der Waals surface area (Å²) in [6.45, 7) is 5.97. The van der Waals surface area contributed by atoms with E-state index in [2.05, 4.69) is 5.32 Å². The molecule has 0 aliphatic heterocycles. The predicted octanol–water partition coefficient (Wildman–Crippen LogP) is 4.60. The van der Waals surface area contributed by atoms with E-state index in [1.807, 2.05) is 63.2 Å². The molecule has 6 nitrogen and oxygen atoms in total. The maximum Gasteiger partial charge on any atom is 0.262 e. The van der Waals surface area contributed by atoms with E-state index in [9.17, 15) is 13.2 Å². The van der Waals surface area contributed by atoms with Gasteiger partial charge in [-0.05, 0) is 67.8 Å². The minimum absolute atomic E-state index is 0.147. The Bertz CT molecular complexity index is 1190. The molecule has 0 aliphatic rings. The number of aryl methyl sites for hydroxylation is 3. The molecule has 168 valence electrons. The second kappa shape index (κ2) is 9.87. The molecule has 0 unspecified atom stereocenters. The number of carbonyl (C=O) groups is 1. The molecule has 0 saturated carbocycles. The van der Waals surface area contributed by atoms with Crippen molar-refractivity contribution in [3.05, 3.63) is 89.0 Å². The van der Waals surface area contributed by atoms with Gasteiger partial charge in [0.1, 0.15) is 5.75 Å². The number of nitrogens with one attached hydrogen (secondary N) is 1. The molecule has 0 aromatic heterocycles. The first-order valence-electron chi connectivity index (χ1n) is 10.2. The Hall–Kier alpha value is -3.32. The number of amides is 1. The van der Waals surface area contributed by atoms with Crippen LogP contribution in [0.25, 0.3) is 0 Å². The molecule has 0 saturated heterocycles. The van der Waals surface area contributed by atoms with Crippen LogP contribution in [0.15, 0.2) is 66.7 Å². The number of carbonyl (C=O) groups excluding carboxylic acids is 1. The van der Waals surface area contributed by atoms with Crippen LogP contribution in [0.3, 0.4) is 0 Å². The lowest BCUT2D eigenvalue weighted by atomic mass is 10.1. The smallest absolute Gasteiger partial charge is 0.262 e. The number of sulfonamides is 1. The number of hydrogen-bond acceptors (Lipinski definition) is 4. The molecule has 7 heteroatoms. The molecule has 0 fully saturated rings. The minimum atomic E-state index is -3.48. The maximum atomic E-state index is 12.4.